The lowest BCUT2D eigenvalue weighted by Gasteiger charge is -2.32. The lowest BCUT2D eigenvalue weighted by Crippen LogP contribution is -2.42. The van der Waals surface area contributed by atoms with Crippen LogP contribution >= 0.6 is 11.6 Å². The molecule has 1 fully saturated rings. The Labute approximate surface area is 186 Å². The van der Waals surface area contributed by atoms with E-state index < -0.39 is 0 Å². The van der Waals surface area contributed by atoms with Crippen LogP contribution in [-0.4, -0.2) is 38.5 Å². The lowest BCUT2D eigenvalue weighted by molar-refractivity contribution is 0.247. The molecule has 31 heavy (non-hydrogen) atoms. The van der Waals surface area contributed by atoms with E-state index in [1.807, 2.05) is 41.3 Å². The van der Waals surface area contributed by atoms with Crippen LogP contribution in [0.25, 0.3) is 33.3 Å². The van der Waals surface area contributed by atoms with E-state index in [1.165, 1.54) is 0 Å². The Kier molecular flexibility index (Phi) is 5.24. The van der Waals surface area contributed by atoms with Gasteiger partial charge in [0.15, 0.2) is 11.1 Å². The highest BCUT2D eigenvalue weighted by atomic mass is 35.5. The van der Waals surface area contributed by atoms with Gasteiger partial charge < -0.3 is 15.2 Å². The molecular weight excluding hydrogens is 408 g/mol. The summed E-state index contributed by atoms with van der Waals surface area (Å²) in [6, 6.07) is 18.4. The predicted octanol–water partition coefficient (Wildman–Crippen LogP) is 4.90. The molecule has 0 amide bonds. The van der Waals surface area contributed by atoms with E-state index in [9.17, 15) is 0 Å². The molecule has 3 N–H and O–H groups in total. The van der Waals surface area contributed by atoms with Crippen molar-refractivity contribution in [3.05, 3.63) is 59.8 Å². The summed E-state index contributed by atoms with van der Waals surface area (Å²) in [4.78, 5) is 11.5. The molecule has 2 aromatic heterocycles. The second-order valence-corrected chi connectivity index (χ2v) is 8.53. The SMILES string of the molecule is N=C(N)N1CCC(CCn2c(-c3ccccc3)nc3c(Cl)nc4ccccc4c32)CC1. The molecule has 0 spiro atoms. The van der Waals surface area contributed by atoms with E-state index in [1.54, 1.807) is 0 Å². The summed E-state index contributed by atoms with van der Waals surface area (Å²) in [5, 5.41) is 9.17. The first-order valence-electron chi connectivity index (χ1n) is 10.7. The monoisotopic (exact) mass is 432 g/mol. The number of rotatable bonds is 4. The predicted molar refractivity (Wildman–Crippen MR) is 126 cm³/mol. The van der Waals surface area contributed by atoms with Gasteiger partial charge in [-0.15, -0.1) is 0 Å². The van der Waals surface area contributed by atoms with Crippen LogP contribution in [0.15, 0.2) is 54.6 Å². The molecule has 1 aliphatic rings. The number of halogens is 1. The number of fused-ring (bicyclic) bond motifs is 3. The molecule has 1 aliphatic heterocycles. The van der Waals surface area contributed by atoms with Crippen LogP contribution in [0, 0.1) is 11.3 Å². The topological polar surface area (TPSA) is 83.8 Å². The quantitative estimate of drug-likeness (QED) is 0.273. The van der Waals surface area contributed by atoms with Crippen molar-refractivity contribution in [3.63, 3.8) is 0 Å². The van der Waals surface area contributed by atoms with Crippen LogP contribution < -0.4 is 5.73 Å². The number of hydrogen-bond acceptors (Lipinski definition) is 3. The Balaban J connectivity index is 1.56. The average Bonchev–Trinajstić information content (AvgIpc) is 3.19. The van der Waals surface area contributed by atoms with Gasteiger partial charge in [0.1, 0.15) is 11.3 Å². The van der Waals surface area contributed by atoms with E-state index >= 15 is 0 Å². The molecule has 3 heterocycles. The number of likely N-dealkylation sites (tertiary alicyclic amines) is 1. The summed E-state index contributed by atoms with van der Waals surface area (Å²) in [5.41, 5.74) is 9.42. The smallest absolute Gasteiger partial charge is 0.188 e. The van der Waals surface area contributed by atoms with Crippen LogP contribution in [-0.2, 0) is 6.54 Å². The summed E-state index contributed by atoms with van der Waals surface area (Å²) < 4.78 is 2.32. The molecule has 0 aliphatic carbocycles. The van der Waals surface area contributed by atoms with Gasteiger partial charge in [0.25, 0.3) is 0 Å². The molecule has 0 atom stereocenters. The second kappa shape index (κ2) is 8.19. The number of benzene rings is 2. The zero-order valence-electron chi connectivity index (χ0n) is 17.3. The Bertz CT molecular complexity index is 1240. The zero-order chi connectivity index (χ0) is 21.4. The maximum atomic E-state index is 7.65. The van der Waals surface area contributed by atoms with Gasteiger partial charge in [0.2, 0.25) is 0 Å². The fraction of sp³-hybridized carbons (Fsp3) is 0.292. The number of para-hydroxylation sites is 1. The number of nitrogens with two attached hydrogens (primary N) is 1. The minimum atomic E-state index is 0.180. The summed E-state index contributed by atoms with van der Waals surface area (Å²) >= 11 is 6.58. The summed E-state index contributed by atoms with van der Waals surface area (Å²) in [7, 11) is 0. The zero-order valence-corrected chi connectivity index (χ0v) is 18.0. The van der Waals surface area contributed by atoms with Gasteiger partial charge >= 0.3 is 0 Å². The van der Waals surface area contributed by atoms with Gasteiger partial charge in [-0.05, 0) is 31.2 Å². The first-order valence-corrected chi connectivity index (χ1v) is 11.1. The lowest BCUT2D eigenvalue weighted by atomic mass is 9.93. The Morgan fingerprint density at radius 3 is 2.48 bits per heavy atom. The molecule has 158 valence electrons. The first kappa shape index (κ1) is 19.8. The number of aryl methyl sites for hydroxylation is 1. The molecule has 0 radical (unpaired) electrons. The third kappa shape index (κ3) is 3.72. The van der Waals surface area contributed by atoms with Crippen molar-refractivity contribution >= 4 is 39.5 Å². The van der Waals surface area contributed by atoms with Crippen LogP contribution in [0.1, 0.15) is 19.3 Å². The highest BCUT2D eigenvalue weighted by Gasteiger charge is 2.22. The maximum Gasteiger partial charge on any atom is 0.188 e. The number of guanidine groups is 1. The second-order valence-electron chi connectivity index (χ2n) is 8.17. The fourth-order valence-corrected chi connectivity index (χ4v) is 4.82. The van der Waals surface area contributed by atoms with Crippen molar-refractivity contribution in [1.82, 2.24) is 19.4 Å². The van der Waals surface area contributed by atoms with E-state index in [-0.39, 0.29) is 5.96 Å². The van der Waals surface area contributed by atoms with Gasteiger partial charge in [-0.25, -0.2) is 9.97 Å². The molecule has 0 saturated carbocycles. The van der Waals surface area contributed by atoms with Crippen molar-refractivity contribution < 1.29 is 0 Å². The van der Waals surface area contributed by atoms with Gasteiger partial charge in [0.05, 0.1) is 11.0 Å². The maximum absolute atomic E-state index is 7.65. The molecular formula is C24H25ClN6. The minimum Gasteiger partial charge on any atom is -0.370 e. The van der Waals surface area contributed by atoms with Crippen LogP contribution in [0.4, 0.5) is 0 Å². The fourth-order valence-electron chi connectivity index (χ4n) is 4.60. The highest BCUT2D eigenvalue weighted by Crippen LogP contribution is 2.34. The number of pyridine rings is 1. The third-order valence-corrected chi connectivity index (χ3v) is 6.55. The van der Waals surface area contributed by atoms with Gasteiger partial charge in [0, 0.05) is 30.6 Å². The van der Waals surface area contributed by atoms with Crippen molar-refractivity contribution in [1.29, 1.82) is 5.41 Å². The van der Waals surface area contributed by atoms with E-state index in [4.69, 9.17) is 27.7 Å². The molecule has 5 rings (SSSR count). The van der Waals surface area contributed by atoms with Crippen LogP contribution in [0.3, 0.4) is 0 Å². The number of hydrogen-bond donors (Lipinski definition) is 2. The highest BCUT2D eigenvalue weighted by molar-refractivity contribution is 6.35. The normalized spacial score (nSPS) is 15.1. The molecule has 6 nitrogen and oxygen atoms in total. The molecule has 7 heteroatoms. The Morgan fingerprint density at radius 1 is 1.03 bits per heavy atom. The number of aromatic nitrogens is 3. The first-order chi connectivity index (χ1) is 15.1. The largest absolute Gasteiger partial charge is 0.370 e. The number of nitrogens with zero attached hydrogens (tertiary/aromatic N) is 4. The van der Waals surface area contributed by atoms with Gasteiger partial charge in [-0.1, -0.05) is 60.1 Å². The standard InChI is InChI=1S/C24H25ClN6/c25-22-20-21(18-8-4-5-9-19(18)28-22)31(23(29-20)17-6-2-1-3-7-17)15-12-16-10-13-30(14-11-16)24(26)27/h1-9,16H,10-15H2,(H3,26,27). The molecule has 4 aromatic rings. The van der Waals surface area contributed by atoms with Crippen molar-refractivity contribution in [2.75, 3.05) is 13.1 Å². The summed E-state index contributed by atoms with van der Waals surface area (Å²) in [6.07, 6.45) is 3.15. The number of imidazole rings is 1. The summed E-state index contributed by atoms with van der Waals surface area (Å²) in [5.74, 6) is 1.70. The Morgan fingerprint density at radius 2 is 1.74 bits per heavy atom. The van der Waals surface area contributed by atoms with Crippen LogP contribution in [0.5, 0.6) is 0 Å². The third-order valence-electron chi connectivity index (χ3n) is 6.29. The average molecular weight is 433 g/mol. The molecule has 0 bridgehead atoms. The molecule has 1 saturated heterocycles. The molecule has 2 aromatic carbocycles. The van der Waals surface area contributed by atoms with Gasteiger partial charge in [-0.2, -0.15) is 0 Å². The van der Waals surface area contributed by atoms with Crippen molar-refractivity contribution in [2.45, 2.75) is 25.8 Å². The van der Waals surface area contributed by atoms with Crippen molar-refractivity contribution in [3.8, 4) is 11.4 Å². The minimum absolute atomic E-state index is 0.180. The Hall–Kier alpha value is -3.12. The van der Waals surface area contributed by atoms with Crippen molar-refractivity contribution in [2.24, 2.45) is 11.7 Å². The molecule has 0 unspecified atom stereocenters. The van der Waals surface area contributed by atoms with E-state index in [0.29, 0.717) is 11.1 Å². The van der Waals surface area contributed by atoms with E-state index in [2.05, 4.69) is 27.8 Å². The summed E-state index contributed by atoms with van der Waals surface area (Å²) in [6.45, 7) is 2.57. The van der Waals surface area contributed by atoms with E-state index in [0.717, 1.165) is 72.2 Å². The number of piperidine rings is 1. The van der Waals surface area contributed by atoms with Crippen LogP contribution in [0.2, 0.25) is 5.15 Å². The van der Waals surface area contributed by atoms with Gasteiger partial charge in [-0.3, -0.25) is 5.41 Å². The number of nitrogens with one attached hydrogen (secondary N) is 1.